The number of ether oxygens (including phenoxy) is 2. The smallest absolute Gasteiger partial charge is 0.312 e. The van der Waals surface area contributed by atoms with Crippen LogP contribution in [0.1, 0.15) is 11.4 Å². The monoisotopic (exact) mass is 360 g/mol. The quantitative estimate of drug-likeness (QED) is 0.594. The molecule has 9 heteroatoms. The van der Waals surface area contributed by atoms with E-state index in [1.165, 1.54) is 9.58 Å². The van der Waals surface area contributed by atoms with E-state index in [0.717, 1.165) is 0 Å². The van der Waals surface area contributed by atoms with Crippen LogP contribution in [0, 0.1) is 24.0 Å². The van der Waals surface area contributed by atoms with E-state index >= 15 is 0 Å². The fourth-order valence-electron chi connectivity index (χ4n) is 2.91. The molecule has 1 atom stereocenters. The van der Waals surface area contributed by atoms with Crippen LogP contribution in [0.4, 0.5) is 5.69 Å². The molecule has 1 aromatic heterocycles. The van der Waals surface area contributed by atoms with Crippen molar-refractivity contribution in [3.05, 3.63) is 45.8 Å². The highest BCUT2D eigenvalue weighted by Crippen LogP contribution is 2.31. The number of carbonyl (C=O) groups is 1. The lowest BCUT2D eigenvalue weighted by molar-refractivity contribution is -0.386. The number of hydrogen-bond acceptors (Lipinski definition) is 6. The Labute approximate surface area is 150 Å². The second-order valence-electron chi connectivity index (χ2n) is 6.21. The Hall–Kier alpha value is -3.10. The van der Waals surface area contributed by atoms with Crippen LogP contribution in [0.3, 0.4) is 0 Å². The fourth-order valence-corrected chi connectivity index (χ4v) is 2.91. The van der Waals surface area contributed by atoms with Gasteiger partial charge in [-0.2, -0.15) is 5.10 Å². The average molecular weight is 360 g/mol. The molecule has 0 spiro atoms. The highest BCUT2D eigenvalue weighted by atomic mass is 16.6. The second kappa shape index (κ2) is 7.03. The van der Waals surface area contributed by atoms with Gasteiger partial charge in [-0.05, 0) is 26.0 Å². The first kappa shape index (κ1) is 17.7. The molecule has 0 saturated heterocycles. The van der Waals surface area contributed by atoms with Crippen LogP contribution >= 0.6 is 0 Å². The molecule has 0 aliphatic carbocycles. The van der Waals surface area contributed by atoms with Gasteiger partial charge in [0.25, 0.3) is 0 Å². The van der Waals surface area contributed by atoms with E-state index in [9.17, 15) is 14.9 Å². The standard InChI is InChI=1S/C17H20N4O5/c1-11-17(21(23)24)12(2)20(18-11)9-16(22)19(3)8-13-10-25-14-6-4-5-7-15(14)26-13/h4-7,13H,8-10H2,1-3H3/t13-/m0/s1. The minimum atomic E-state index is -0.479. The Morgan fingerprint density at radius 1 is 1.38 bits per heavy atom. The molecule has 2 aromatic rings. The number of aryl methyl sites for hydroxylation is 1. The molecule has 2 heterocycles. The van der Waals surface area contributed by atoms with Gasteiger partial charge in [0.15, 0.2) is 17.6 Å². The number of likely N-dealkylation sites (N-methyl/N-ethyl adjacent to an activating group) is 1. The van der Waals surface area contributed by atoms with E-state index in [-0.39, 0.29) is 24.2 Å². The highest BCUT2D eigenvalue weighted by Gasteiger charge is 2.26. The fraction of sp³-hybridized carbons (Fsp3) is 0.412. The lowest BCUT2D eigenvalue weighted by Crippen LogP contribution is -2.42. The number of carbonyl (C=O) groups excluding carboxylic acids is 1. The summed E-state index contributed by atoms with van der Waals surface area (Å²) in [5.74, 6) is 1.12. The summed E-state index contributed by atoms with van der Waals surface area (Å²) in [6, 6.07) is 7.37. The molecule has 1 aliphatic heterocycles. The highest BCUT2D eigenvalue weighted by molar-refractivity contribution is 5.75. The lowest BCUT2D eigenvalue weighted by Gasteiger charge is -2.29. The van der Waals surface area contributed by atoms with Gasteiger partial charge in [0, 0.05) is 7.05 Å². The van der Waals surface area contributed by atoms with E-state index in [4.69, 9.17) is 9.47 Å². The maximum atomic E-state index is 12.5. The summed E-state index contributed by atoms with van der Waals surface area (Å²) < 4.78 is 12.9. The molecule has 0 N–H and O–H groups in total. The van der Waals surface area contributed by atoms with E-state index in [1.54, 1.807) is 20.9 Å². The summed E-state index contributed by atoms with van der Waals surface area (Å²) in [5, 5.41) is 15.2. The zero-order chi connectivity index (χ0) is 18.8. The van der Waals surface area contributed by atoms with Crippen LogP contribution in [0.5, 0.6) is 11.5 Å². The Kier molecular flexibility index (Phi) is 4.79. The normalized spacial score (nSPS) is 15.6. The summed E-state index contributed by atoms with van der Waals surface area (Å²) in [6.07, 6.45) is -0.284. The minimum Gasteiger partial charge on any atom is -0.486 e. The van der Waals surface area contributed by atoms with Crippen LogP contribution in [0.2, 0.25) is 0 Å². The predicted octanol–water partition coefficient (Wildman–Crippen LogP) is 1.71. The molecule has 26 heavy (non-hydrogen) atoms. The van der Waals surface area contributed by atoms with Crippen LogP contribution in [-0.4, -0.2) is 51.8 Å². The van der Waals surface area contributed by atoms with Crippen molar-refractivity contribution in [2.75, 3.05) is 20.2 Å². The van der Waals surface area contributed by atoms with Gasteiger partial charge in [-0.15, -0.1) is 0 Å². The summed E-state index contributed by atoms with van der Waals surface area (Å²) in [5.41, 5.74) is 0.602. The van der Waals surface area contributed by atoms with Crippen molar-refractivity contribution in [3.8, 4) is 11.5 Å². The minimum absolute atomic E-state index is 0.0546. The molecule has 0 saturated carbocycles. The molecule has 1 aliphatic rings. The molecule has 0 radical (unpaired) electrons. The molecule has 0 unspecified atom stereocenters. The van der Waals surface area contributed by atoms with Crippen molar-refractivity contribution in [1.29, 1.82) is 0 Å². The van der Waals surface area contributed by atoms with E-state index < -0.39 is 4.92 Å². The summed E-state index contributed by atoms with van der Waals surface area (Å²) in [7, 11) is 1.66. The zero-order valence-electron chi connectivity index (χ0n) is 14.8. The Bertz CT molecular complexity index is 848. The van der Waals surface area contributed by atoms with Gasteiger partial charge in [-0.25, -0.2) is 0 Å². The summed E-state index contributed by atoms with van der Waals surface area (Å²) in [6.45, 7) is 3.76. The topological polar surface area (TPSA) is 99.7 Å². The number of aromatic nitrogens is 2. The van der Waals surface area contributed by atoms with Crippen LogP contribution < -0.4 is 9.47 Å². The van der Waals surface area contributed by atoms with Gasteiger partial charge in [0.2, 0.25) is 5.91 Å². The van der Waals surface area contributed by atoms with Crippen LogP contribution in [0.25, 0.3) is 0 Å². The second-order valence-corrected chi connectivity index (χ2v) is 6.21. The van der Waals surface area contributed by atoms with Crippen molar-refractivity contribution >= 4 is 11.6 Å². The van der Waals surface area contributed by atoms with Gasteiger partial charge >= 0.3 is 5.69 Å². The molecule has 0 bridgehead atoms. The van der Waals surface area contributed by atoms with Crippen LogP contribution in [-0.2, 0) is 11.3 Å². The first-order valence-corrected chi connectivity index (χ1v) is 8.17. The Balaban J connectivity index is 1.62. The SMILES string of the molecule is Cc1nn(CC(=O)N(C)C[C@H]2COc3ccccc3O2)c(C)c1[N+](=O)[O-]. The van der Waals surface area contributed by atoms with Gasteiger partial charge in [0.05, 0.1) is 11.5 Å². The number of nitrogens with zero attached hydrogens (tertiary/aromatic N) is 4. The predicted molar refractivity (Wildman–Crippen MR) is 92.3 cm³/mol. The molecule has 1 amide bonds. The zero-order valence-corrected chi connectivity index (χ0v) is 14.8. The van der Waals surface area contributed by atoms with Gasteiger partial charge < -0.3 is 14.4 Å². The number of benzene rings is 1. The van der Waals surface area contributed by atoms with Crippen molar-refractivity contribution in [3.63, 3.8) is 0 Å². The summed E-state index contributed by atoms with van der Waals surface area (Å²) in [4.78, 5) is 24.6. The maximum Gasteiger partial charge on any atom is 0.312 e. The molecule has 138 valence electrons. The number of para-hydroxylation sites is 2. The molecule has 1 aromatic carbocycles. The third-order valence-electron chi connectivity index (χ3n) is 4.28. The number of nitro groups is 1. The summed E-state index contributed by atoms with van der Waals surface area (Å²) >= 11 is 0. The van der Waals surface area contributed by atoms with Gasteiger partial charge in [-0.3, -0.25) is 19.6 Å². The number of amides is 1. The molecular weight excluding hydrogens is 340 g/mol. The average Bonchev–Trinajstić information content (AvgIpc) is 2.88. The molecule has 0 fully saturated rings. The molecule has 3 rings (SSSR count). The van der Waals surface area contributed by atoms with E-state index in [1.807, 2.05) is 24.3 Å². The number of fused-ring (bicyclic) bond motifs is 1. The largest absolute Gasteiger partial charge is 0.486 e. The van der Waals surface area contributed by atoms with Crippen molar-refractivity contribution in [2.45, 2.75) is 26.5 Å². The van der Waals surface area contributed by atoms with Crippen molar-refractivity contribution in [1.82, 2.24) is 14.7 Å². The Morgan fingerprint density at radius 3 is 2.73 bits per heavy atom. The molecule has 9 nitrogen and oxygen atoms in total. The van der Waals surface area contributed by atoms with Crippen molar-refractivity contribution < 1.29 is 19.2 Å². The van der Waals surface area contributed by atoms with E-state index in [2.05, 4.69) is 5.10 Å². The first-order chi connectivity index (χ1) is 12.4. The van der Waals surface area contributed by atoms with Crippen molar-refractivity contribution in [2.24, 2.45) is 0 Å². The lowest BCUT2D eigenvalue weighted by atomic mass is 10.2. The third kappa shape index (κ3) is 3.46. The number of hydrogen-bond donors (Lipinski definition) is 0. The first-order valence-electron chi connectivity index (χ1n) is 8.17. The van der Waals surface area contributed by atoms with Gasteiger partial charge in [0.1, 0.15) is 24.5 Å². The number of rotatable bonds is 5. The van der Waals surface area contributed by atoms with E-state index in [0.29, 0.717) is 36.0 Å². The molecular formula is C17H20N4O5. The maximum absolute atomic E-state index is 12.5. The van der Waals surface area contributed by atoms with Crippen LogP contribution in [0.15, 0.2) is 24.3 Å². The van der Waals surface area contributed by atoms with Gasteiger partial charge in [-0.1, -0.05) is 12.1 Å². The Morgan fingerprint density at radius 2 is 2.08 bits per heavy atom. The third-order valence-corrected chi connectivity index (χ3v) is 4.28.